The van der Waals surface area contributed by atoms with E-state index in [-0.39, 0.29) is 51.5 Å². The Labute approximate surface area is 481 Å². The summed E-state index contributed by atoms with van der Waals surface area (Å²) < 4.78 is 43.1. The largest absolute Gasteiger partial charge is 0.509 e. The third-order valence-electron chi connectivity index (χ3n) is 10.2. The van der Waals surface area contributed by atoms with E-state index in [2.05, 4.69) is 228 Å². The molecule has 35 unspecified atom stereocenters. The highest BCUT2D eigenvalue weighted by atomic mass is 33.2. The van der Waals surface area contributed by atoms with Gasteiger partial charge in [0.05, 0.1) is 55.0 Å². The summed E-state index contributed by atoms with van der Waals surface area (Å²) in [7, 11) is 62.5. The number of hydrogen-bond acceptors (Lipinski definition) is 7. The lowest BCUT2D eigenvalue weighted by Crippen LogP contribution is -2.58. The van der Waals surface area contributed by atoms with Crippen molar-refractivity contribution in [3.63, 3.8) is 0 Å². The van der Waals surface area contributed by atoms with Crippen molar-refractivity contribution in [1.82, 2.24) is 0 Å². The van der Waals surface area contributed by atoms with Crippen LogP contribution in [0.5, 0.6) is 0 Å². The van der Waals surface area contributed by atoms with Gasteiger partial charge in [-0.3, -0.25) is 0 Å². The zero-order valence-corrected chi connectivity index (χ0v) is 78.6. The van der Waals surface area contributed by atoms with Gasteiger partial charge < -0.3 is 27.6 Å². The SMILES string of the molecule is C=C(CCCOP(P(P)P)P(P)P)C1(C(C)C(OP(P(P)P)P(P)P(P)P)C(C)OP(P(P)P)P(PP)P(P)P)OC(=O)OC1C1CC(OP(P(P)P(P)P)P(P(P)P)P(P)P)C(C)=CC1(C)C. The van der Waals surface area contributed by atoms with Gasteiger partial charge in [-0.05, 0) is 113 Å². The van der Waals surface area contributed by atoms with Crippen LogP contribution in [0, 0.1) is 17.3 Å². The fourth-order valence-electron chi connectivity index (χ4n) is 7.28. The van der Waals surface area contributed by atoms with E-state index in [1.54, 1.807) is 0 Å². The highest BCUT2D eigenvalue weighted by molar-refractivity contribution is 9.19. The Balaban J connectivity index is 3.00. The molecule has 1 fully saturated rings. The van der Waals surface area contributed by atoms with E-state index in [1.807, 2.05) is 0 Å². The van der Waals surface area contributed by atoms with E-state index < -0.39 is 123 Å². The Bertz CT molecular complexity index is 1560. The lowest BCUT2D eigenvalue weighted by Gasteiger charge is -2.50. The minimum Gasteiger partial charge on any atom is -0.426 e. The average molecular weight is 1660 g/mol. The summed E-state index contributed by atoms with van der Waals surface area (Å²) in [6, 6.07) is 0. The minimum absolute atomic E-state index is 0.137. The van der Waals surface area contributed by atoms with Crippen LogP contribution in [0.2, 0.25) is 0 Å². The molecule has 1 aliphatic heterocycles. The molecule has 7 nitrogen and oxygen atoms in total. The molecule has 0 bridgehead atoms. The molecule has 1 aliphatic carbocycles. The maximum Gasteiger partial charge on any atom is 0.509 e. The van der Waals surface area contributed by atoms with E-state index in [0.717, 1.165) is 20.0 Å². The minimum atomic E-state index is -1.24. The van der Waals surface area contributed by atoms with E-state index in [9.17, 15) is 4.79 Å². The van der Waals surface area contributed by atoms with Crippen molar-refractivity contribution in [3.8, 4) is 0 Å². The van der Waals surface area contributed by atoms with Crippen LogP contribution < -0.4 is 0 Å². The second-order valence-electron chi connectivity index (χ2n) is 15.3. The molecule has 2 rings (SSSR count). The monoisotopic (exact) mass is 1660 g/mol. The van der Waals surface area contributed by atoms with E-state index in [1.165, 1.54) is 5.57 Å². The Morgan fingerprint density at radius 1 is 0.735 bits per heavy atom. The number of hydrogen-bond donors (Lipinski definition) is 0. The molecule has 1 saturated heterocycles. The Morgan fingerprint density at radius 3 is 1.68 bits per heavy atom. The first-order chi connectivity index (χ1) is 31.3. The lowest BCUT2D eigenvalue weighted by molar-refractivity contribution is -0.0880. The Hall–Kier alpha value is 15.4. The molecule has 0 aromatic heterocycles. The molecule has 0 spiro atoms. The summed E-state index contributed by atoms with van der Waals surface area (Å²) in [6.07, 6.45) is 2.22. The molecule has 1 heterocycles. The first-order valence-corrected chi connectivity index (χ1v) is 86.9. The van der Waals surface area contributed by atoms with Gasteiger partial charge in [0, 0.05) is 39.8 Å². The summed E-state index contributed by atoms with van der Waals surface area (Å²) in [5, 5.41) is 0. The molecular formula is C22H75O7P39. The summed E-state index contributed by atoms with van der Waals surface area (Å²) in [5.41, 5.74) is 0.479. The maximum absolute atomic E-state index is 14.4. The zero-order chi connectivity index (χ0) is 52.5. The predicted molar refractivity (Wildman–Crippen MR) is 433 cm³/mol. The van der Waals surface area contributed by atoms with Gasteiger partial charge in [0.25, 0.3) is 0 Å². The van der Waals surface area contributed by atoms with Crippen LogP contribution >= 0.6 is 316 Å². The second kappa shape index (κ2) is 39.6. The maximum atomic E-state index is 14.4. The van der Waals surface area contributed by atoms with Crippen molar-refractivity contribution in [2.24, 2.45) is 17.3 Å². The molecule has 0 amide bonds. The Morgan fingerprint density at radius 2 is 1.24 bits per heavy atom. The molecule has 0 radical (unpaired) electrons. The van der Waals surface area contributed by atoms with Crippen molar-refractivity contribution in [2.45, 2.75) is 83.9 Å². The molecule has 46 heteroatoms. The molecule has 2 aliphatic rings. The van der Waals surface area contributed by atoms with Crippen molar-refractivity contribution in [2.75, 3.05) is 6.61 Å². The van der Waals surface area contributed by atoms with Crippen molar-refractivity contribution >= 4 is 323 Å². The van der Waals surface area contributed by atoms with Crippen molar-refractivity contribution < 1.29 is 32.4 Å². The number of rotatable bonds is 30. The molecule has 0 saturated carbocycles. The highest BCUT2D eigenvalue weighted by Crippen LogP contribution is 3.18. The summed E-state index contributed by atoms with van der Waals surface area (Å²) in [5.74, 6) is -0.550. The van der Waals surface area contributed by atoms with Crippen LogP contribution in [0.15, 0.2) is 23.8 Å². The van der Waals surface area contributed by atoms with Gasteiger partial charge in [-0.15, -0.1) is 170 Å². The molecule has 68 heavy (non-hydrogen) atoms. The second-order valence-corrected chi connectivity index (χ2v) is 154. The van der Waals surface area contributed by atoms with Crippen LogP contribution in [0.4, 0.5) is 4.79 Å². The smallest absolute Gasteiger partial charge is 0.426 e. The van der Waals surface area contributed by atoms with Gasteiger partial charge in [0.15, 0.2) is 11.7 Å². The van der Waals surface area contributed by atoms with Crippen molar-refractivity contribution in [1.29, 1.82) is 0 Å². The fourth-order valence-corrected chi connectivity index (χ4v) is 247. The van der Waals surface area contributed by atoms with E-state index in [4.69, 9.17) is 34.1 Å². The van der Waals surface area contributed by atoms with Crippen LogP contribution in [0.3, 0.4) is 0 Å². The molecular weight excluding hydrogens is 1580 g/mol. The Kier molecular flexibility index (Phi) is 46.2. The van der Waals surface area contributed by atoms with Crippen LogP contribution in [0.25, 0.3) is 0 Å². The van der Waals surface area contributed by atoms with Crippen LogP contribution in [-0.2, 0) is 27.6 Å². The number of carbonyl (C=O) groups excluding carboxylic acids is 1. The number of allylic oxidation sites excluding steroid dienone is 1. The third kappa shape index (κ3) is 24.5. The van der Waals surface area contributed by atoms with Gasteiger partial charge in [0.2, 0.25) is 0 Å². The summed E-state index contributed by atoms with van der Waals surface area (Å²) >= 11 is 0. The molecule has 0 aromatic carbocycles. The topological polar surface area (TPSA) is 72.5 Å². The fraction of sp³-hybridized carbons (Fsp3) is 0.773. The summed E-state index contributed by atoms with van der Waals surface area (Å²) in [6.45, 7) is 11.0. The first kappa shape index (κ1) is 79.5. The predicted octanol–water partition coefficient (Wildman–Crippen LogP) is 26.4. The lowest BCUT2D eigenvalue weighted by atomic mass is 9.60. The van der Waals surface area contributed by atoms with E-state index in [0.29, 0.717) is 19.4 Å². The molecule has 0 aromatic rings. The van der Waals surface area contributed by atoms with Gasteiger partial charge in [-0.25, -0.2) is 4.79 Å². The number of carbonyl (C=O) groups is 1. The quantitative estimate of drug-likeness (QED) is 0.0307. The van der Waals surface area contributed by atoms with Crippen LogP contribution in [-0.4, -0.2) is 42.8 Å². The average Bonchev–Trinajstić information content (AvgIpc) is 3.56. The molecule has 0 N–H and O–H groups in total. The molecule has 35 atom stereocenters. The number of ether oxygens (including phenoxy) is 2. The number of cyclic esters (lactones) is 2. The van der Waals surface area contributed by atoms with Crippen molar-refractivity contribution in [3.05, 3.63) is 23.8 Å². The van der Waals surface area contributed by atoms with Gasteiger partial charge in [-0.2, -0.15) is 0 Å². The van der Waals surface area contributed by atoms with Gasteiger partial charge >= 0.3 is 6.16 Å². The van der Waals surface area contributed by atoms with Gasteiger partial charge in [0.1, 0.15) is 0 Å². The first-order valence-electron chi connectivity index (χ1n) is 19.2. The normalized spacial score (nSPS) is 25.7. The molecule has 400 valence electrons. The zero-order valence-electron chi connectivity index (χ0n) is 38.2. The standard InChI is InChI=1S/C22H75O7P39/c1-12-11-21(5,6)16(10-17(12)28-55(66(50)61(41)42)68(63(45)46)64(47)48)19-22(26-20(23)25-19,13(2)8-7-9-24-52(56(31)32)57(33)34)14(3)18(29-53(58(35)36)65(49)60(39)40)15(4)27-54(59(37)38)67(51-30)62(43)44/h11,14-19,51H,2,7-10,30-50H2,1,3-6H3. The third-order valence-corrected chi connectivity index (χ3v) is 191. The van der Waals surface area contributed by atoms with E-state index >= 15 is 0 Å². The highest BCUT2D eigenvalue weighted by Gasteiger charge is 2.64. The summed E-state index contributed by atoms with van der Waals surface area (Å²) in [4.78, 5) is 14.4. The van der Waals surface area contributed by atoms with Crippen LogP contribution in [0.1, 0.15) is 53.9 Å². The van der Waals surface area contributed by atoms with Gasteiger partial charge in [-0.1, -0.05) is 59.2 Å².